The van der Waals surface area contributed by atoms with Crippen molar-refractivity contribution in [2.75, 3.05) is 0 Å². The van der Waals surface area contributed by atoms with Crippen molar-refractivity contribution in [1.82, 2.24) is 14.5 Å². The first-order valence-electron chi connectivity index (χ1n) is 7.98. The Morgan fingerprint density at radius 2 is 2.08 bits per heavy atom. The highest BCUT2D eigenvalue weighted by Gasteiger charge is 2.25. The first-order valence-corrected chi connectivity index (χ1v) is 9.47. The van der Waals surface area contributed by atoms with Crippen molar-refractivity contribution in [2.24, 2.45) is 0 Å². The summed E-state index contributed by atoms with van der Waals surface area (Å²) < 4.78 is 29.1. The normalized spacial score (nSPS) is 13.5. The van der Waals surface area contributed by atoms with Gasteiger partial charge in [0.05, 0.1) is 16.6 Å². The van der Waals surface area contributed by atoms with Crippen molar-refractivity contribution < 1.29 is 18.3 Å². The highest BCUT2D eigenvalue weighted by atomic mass is 32.2. The van der Waals surface area contributed by atoms with E-state index in [-0.39, 0.29) is 17.4 Å². The summed E-state index contributed by atoms with van der Waals surface area (Å²) in [6, 6.07) is 3.72. The van der Waals surface area contributed by atoms with Crippen LogP contribution >= 0.6 is 0 Å². The Morgan fingerprint density at radius 1 is 1.38 bits per heavy atom. The predicted octanol–water partition coefficient (Wildman–Crippen LogP) is 2.54. The van der Waals surface area contributed by atoms with E-state index in [0.717, 1.165) is 11.9 Å². The van der Waals surface area contributed by atoms with Gasteiger partial charge in [-0.1, -0.05) is 19.8 Å². The maximum atomic E-state index is 12.5. The van der Waals surface area contributed by atoms with Gasteiger partial charge in [-0.15, -0.1) is 0 Å². The second-order valence-electron chi connectivity index (χ2n) is 6.06. The Labute approximate surface area is 141 Å². The van der Waals surface area contributed by atoms with Crippen LogP contribution in [0.2, 0.25) is 0 Å². The Kier molecular flexibility index (Phi) is 5.61. The molecule has 0 bridgehead atoms. The molecule has 1 heterocycles. The molecule has 0 aliphatic carbocycles. The molecule has 0 aliphatic rings. The number of unbranched alkanes of at least 4 members (excludes halogenated alkanes) is 1. The van der Waals surface area contributed by atoms with Gasteiger partial charge in [-0.25, -0.2) is 8.42 Å². The molecule has 1 aromatic heterocycles. The summed E-state index contributed by atoms with van der Waals surface area (Å²) in [5.74, 6) is -1.17. The van der Waals surface area contributed by atoms with E-state index in [9.17, 15) is 18.3 Å². The SMILES string of the molecule is CCCC[C@H](NS(=O)(=O)c1ccc2c(cnn2C(C)C)c1)C(=O)O. The van der Waals surface area contributed by atoms with Gasteiger partial charge in [0, 0.05) is 11.4 Å². The topological polar surface area (TPSA) is 101 Å². The van der Waals surface area contributed by atoms with E-state index in [4.69, 9.17) is 0 Å². The van der Waals surface area contributed by atoms with Gasteiger partial charge in [0.15, 0.2) is 0 Å². The van der Waals surface area contributed by atoms with Gasteiger partial charge in [0.2, 0.25) is 10.0 Å². The molecular formula is C16H23N3O4S. The van der Waals surface area contributed by atoms with Gasteiger partial charge in [0.25, 0.3) is 0 Å². The van der Waals surface area contributed by atoms with Crippen LogP contribution in [0.5, 0.6) is 0 Å². The van der Waals surface area contributed by atoms with Crippen LogP contribution in [0.3, 0.4) is 0 Å². The Hall–Kier alpha value is -1.93. The molecule has 0 amide bonds. The largest absolute Gasteiger partial charge is 0.480 e. The highest BCUT2D eigenvalue weighted by Crippen LogP contribution is 2.22. The Morgan fingerprint density at radius 3 is 2.67 bits per heavy atom. The smallest absolute Gasteiger partial charge is 0.321 e. The third-order valence-electron chi connectivity index (χ3n) is 3.81. The average Bonchev–Trinajstić information content (AvgIpc) is 2.94. The first-order chi connectivity index (χ1) is 11.3. The van der Waals surface area contributed by atoms with E-state index in [1.54, 1.807) is 16.9 Å². The molecule has 0 saturated heterocycles. The van der Waals surface area contributed by atoms with Gasteiger partial charge in [-0.05, 0) is 38.5 Å². The summed E-state index contributed by atoms with van der Waals surface area (Å²) in [5.41, 5.74) is 0.838. The summed E-state index contributed by atoms with van der Waals surface area (Å²) in [5, 5.41) is 14.2. The number of nitrogens with zero attached hydrogens (tertiary/aromatic N) is 2. The monoisotopic (exact) mass is 353 g/mol. The van der Waals surface area contributed by atoms with Gasteiger partial charge in [-0.2, -0.15) is 9.82 Å². The minimum Gasteiger partial charge on any atom is -0.480 e. The average molecular weight is 353 g/mol. The van der Waals surface area contributed by atoms with Gasteiger partial charge >= 0.3 is 5.97 Å². The maximum Gasteiger partial charge on any atom is 0.321 e. The van der Waals surface area contributed by atoms with Crippen molar-refractivity contribution in [1.29, 1.82) is 0 Å². The van der Waals surface area contributed by atoms with E-state index in [0.29, 0.717) is 11.8 Å². The Balaban J connectivity index is 2.31. The number of rotatable bonds is 8. The lowest BCUT2D eigenvalue weighted by atomic mass is 10.1. The fraction of sp³-hybridized carbons (Fsp3) is 0.500. The molecule has 8 heteroatoms. The predicted molar refractivity (Wildman–Crippen MR) is 91.4 cm³/mol. The molecule has 0 saturated carbocycles. The third kappa shape index (κ3) is 3.93. The van der Waals surface area contributed by atoms with Crippen LogP contribution in [-0.4, -0.2) is 35.3 Å². The highest BCUT2D eigenvalue weighted by molar-refractivity contribution is 7.89. The van der Waals surface area contributed by atoms with Crippen molar-refractivity contribution in [2.45, 2.75) is 57.0 Å². The number of hydrogen-bond donors (Lipinski definition) is 2. The Bertz CT molecular complexity index is 827. The summed E-state index contributed by atoms with van der Waals surface area (Å²) in [6.07, 6.45) is 3.31. The van der Waals surface area contributed by atoms with Crippen LogP contribution in [0.4, 0.5) is 0 Å². The summed E-state index contributed by atoms with van der Waals surface area (Å²) >= 11 is 0. The lowest BCUT2D eigenvalue weighted by molar-refractivity contribution is -0.139. The fourth-order valence-corrected chi connectivity index (χ4v) is 3.76. The lowest BCUT2D eigenvalue weighted by Crippen LogP contribution is -2.40. The number of carboxylic acid groups (broad SMARTS) is 1. The van der Waals surface area contributed by atoms with Crippen LogP contribution in [0.1, 0.15) is 46.1 Å². The number of sulfonamides is 1. The van der Waals surface area contributed by atoms with Crippen molar-refractivity contribution in [3.05, 3.63) is 24.4 Å². The zero-order valence-electron chi connectivity index (χ0n) is 14.1. The molecule has 7 nitrogen and oxygen atoms in total. The van der Waals surface area contributed by atoms with Gasteiger partial charge in [0.1, 0.15) is 6.04 Å². The van der Waals surface area contributed by atoms with Crippen LogP contribution < -0.4 is 4.72 Å². The molecule has 2 aromatic rings. The molecule has 0 fully saturated rings. The van der Waals surface area contributed by atoms with Crippen LogP contribution in [-0.2, 0) is 14.8 Å². The van der Waals surface area contributed by atoms with Crippen LogP contribution in [0.25, 0.3) is 10.9 Å². The summed E-state index contributed by atoms with van der Waals surface area (Å²) in [6.45, 7) is 5.90. The minimum absolute atomic E-state index is 0.0426. The molecular weight excluding hydrogens is 330 g/mol. The summed E-state index contributed by atoms with van der Waals surface area (Å²) in [7, 11) is -3.91. The molecule has 0 aliphatic heterocycles. The number of fused-ring (bicyclic) bond motifs is 1. The van der Waals surface area contributed by atoms with Crippen LogP contribution in [0, 0.1) is 0 Å². The molecule has 132 valence electrons. The molecule has 1 aromatic carbocycles. The van der Waals surface area contributed by atoms with Crippen molar-refractivity contribution in [3.8, 4) is 0 Å². The second kappa shape index (κ2) is 7.31. The van der Waals surface area contributed by atoms with Gasteiger partial charge in [-0.3, -0.25) is 9.48 Å². The maximum absolute atomic E-state index is 12.5. The second-order valence-corrected chi connectivity index (χ2v) is 7.77. The third-order valence-corrected chi connectivity index (χ3v) is 5.28. The number of carboxylic acids is 1. The zero-order chi connectivity index (χ0) is 17.9. The number of nitrogens with one attached hydrogen (secondary N) is 1. The molecule has 0 unspecified atom stereocenters. The molecule has 1 atom stereocenters. The van der Waals surface area contributed by atoms with Gasteiger partial charge < -0.3 is 5.11 Å². The molecule has 0 radical (unpaired) electrons. The van der Waals surface area contributed by atoms with Crippen molar-refractivity contribution >= 4 is 26.9 Å². The molecule has 24 heavy (non-hydrogen) atoms. The number of aromatic nitrogens is 2. The number of hydrogen-bond acceptors (Lipinski definition) is 4. The van der Waals surface area contributed by atoms with E-state index in [2.05, 4.69) is 9.82 Å². The molecule has 2 rings (SSSR count). The van der Waals surface area contributed by atoms with E-state index in [1.807, 2.05) is 20.8 Å². The van der Waals surface area contributed by atoms with E-state index in [1.165, 1.54) is 12.1 Å². The molecule has 2 N–H and O–H groups in total. The fourth-order valence-electron chi connectivity index (χ4n) is 2.51. The lowest BCUT2D eigenvalue weighted by Gasteiger charge is -2.14. The minimum atomic E-state index is -3.91. The number of aliphatic carboxylic acids is 1. The number of carbonyl (C=O) groups is 1. The quantitative estimate of drug-likeness (QED) is 0.759. The number of benzene rings is 1. The zero-order valence-corrected chi connectivity index (χ0v) is 14.9. The summed E-state index contributed by atoms with van der Waals surface area (Å²) in [4.78, 5) is 11.3. The van der Waals surface area contributed by atoms with Crippen molar-refractivity contribution in [3.63, 3.8) is 0 Å². The standard InChI is InChI=1S/C16H23N3O4S/c1-4-5-6-14(16(20)21)18-24(22,23)13-7-8-15-12(9-13)10-17-19(15)11(2)3/h7-11,14,18H,4-6H2,1-3H3,(H,20,21)/t14-/m0/s1. The van der Waals surface area contributed by atoms with E-state index >= 15 is 0 Å². The first kappa shape index (κ1) is 18.4. The molecule has 0 spiro atoms. The van der Waals surface area contributed by atoms with Crippen LogP contribution in [0.15, 0.2) is 29.3 Å². The van der Waals surface area contributed by atoms with E-state index < -0.39 is 22.0 Å².